The molecule has 4 rings (SSSR count). The Bertz CT molecular complexity index is 1110. The monoisotopic (exact) mass is 428 g/mol. The highest BCUT2D eigenvalue weighted by atomic mass is 35.5. The van der Waals surface area contributed by atoms with Gasteiger partial charge < -0.3 is 4.74 Å². The molecule has 142 valence electrons. The predicted molar refractivity (Wildman–Crippen MR) is 117 cm³/mol. The van der Waals surface area contributed by atoms with Gasteiger partial charge in [0.1, 0.15) is 11.3 Å². The van der Waals surface area contributed by atoms with E-state index in [2.05, 4.69) is 0 Å². The lowest BCUT2D eigenvalue weighted by atomic mass is 10.2. The largest absolute Gasteiger partial charge is 0.492 e. The molecule has 2 aromatic carbocycles. The SMILES string of the molecule is CCOc1cccc2sc(N(Cc3ccccc3)C(=O)c3ccc(Cl)s3)nc12. The van der Waals surface area contributed by atoms with Crippen molar-refractivity contribution in [1.29, 1.82) is 0 Å². The quantitative estimate of drug-likeness (QED) is 0.364. The zero-order valence-electron chi connectivity index (χ0n) is 15.1. The molecule has 0 radical (unpaired) electrons. The van der Waals surface area contributed by atoms with E-state index in [-0.39, 0.29) is 5.91 Å². The minimum Gasteiger partial charge on any atom is -0.492 e. The van der Waals surface area contributed by atoms with Crippen molar-refractivity contribution in [2.75, 3.05) is 11.5 Å². The molecule has 0 spiro atoms. The molecule has 2 heterocycles. The van der Waals surface area contributed by atoms with Crippen LogP contribution in [0.5, 0.6) is 5.75 Å². The van der Waals surface area contributed by atoms with E-state index in [9.17, 15) is 4.79 Å². The fourth-order valence-corrected chi connectivity index (χ4v) is 4.83. The van der Waals surface area contributed by atoms with Crippen LogP contribution in [0.2, 0.25) is 4.34 Å². The number of benzene rings is 2. The molecule has 0 aliphatic heterocycles. The zero-order valence-corrected chi connectivity index (χ0v) is 17.5. The topological polar surface area (TPSA) is 42.4 Å². The first-order valence-corrected chi connectivity index (χ1v) is 10.8. The number of rotatable bonds is 6. The number of aromatic nitrogens is 1. The first-order chi connectivity index (χ1) is 13.7. The summed E-state index contributed by atoms with van der Waals surface area (Å²) in [6.07, 6.45) is 0. The molecule has 4 nitrogen and oxygen atoms in total. The van der Waals surface area contributed by atoms with Crippen LogP contribution in [0.1, 0.15) is 22.2 Å². The number of para-hydroxylation sites is 1. The Hall–Kier alpha value is -2.41. The minimum absolute atomic E-state index is 0.113. The van der Waals surface area contributed by atoms with Gasteiger partial charge in [0.2, 0.25) is 0 Å². The molecule has 0 N–H and O–H groups in total. The predicted octanol–water partition coefficient (Wildman–Crippen LogP) is 6.26. The molecule has 4 aromatic rings. The third-order valence-electron chi connectivity index (χ3n) is 4.11. The van der Waals surface area contributed by atoms with Gasteiger partial charge in [0.05, 0.1) is 27.1 Å². The smallest absolute Gasteiger partial charge is 0.270 e. The molecule has 7 heteroatoms. The van der Waals surface area contributed by atoms with E-state index in [1.807, 2.05) is 55.5 Å². The van der Waals surface area contributed by atoms with Crippen LogP contribution in [0.3, 0.4) is 0 Å². The summed E-state index contributed by atoms with van der Waals surface area (Å²) >= 11 is 8.81. The molecule has 0 bridgehead atoms. The van der Waals surface area contributed by atoms with Crippen molar-refractivity contribution in [1.82, 2.24) is 4.98 Å². The summed E-state index contributed by atoms with van der Waals surface area (Å²) in [6, 6.07) is 19.2. The van der Waals surface area contributed by atoms with Crippen molar-refractivity contribution >= 4 is 55.5 Å². The number of carbonyl (C=O) groups is 1. The van der Waals surface area contributed by atoms with Crippen LogP contribution in [0.4, 0.5) is 5.13 Å². The molecule has 0 aliphatic carbocycles. The number of amides is 1. The normalized spacial score (nSPS) is 10.9. The first-order valence-electron chi connectivity index (χ1n) is 8.79. The first kappa shape index (κ1) is 18.9. The van der Waals surface area contributed by atoms with Gasteiger partial charge in [-0.1, -0.05) is 59.3 Å². The maximum absolute atomic E-state index is 13.3. The molecule has 28 heavy (non-hydrogen) atoms. The van der Waals surface area contributed by atoms with Crippen LogP contribution in [-0.2, 0) is 6.54 Å². The van der Waals surface area contributed by atoms with Crippen molar-refractivity contribution in [2.45, 2.75) is 13.5 Å². The number of halogens is 1. The average molecular weight is 429 g/mol. The third kappa shape index (κ3) is 3.90. The van der Waals surface area contributed by atoms with Gasteiger partial charge in [-0.15, -0.1) is 11.3 Å². The van der Waals surface area contributed by atoms with Crippen LogP contribution in [-0.4, -0.2) is 17.5 Å². The van der Waals surface area contributed by atoms with E-state index in [0.29, 0.717) is 27.5 Å². The molecule has 0 saturated carbocycles. The molecule has 2 aromatic heterocycles. The number of nitrogens with zero attached hydrogens (tertiary/aromatic N) is 2. The second kappa shape index (κ2) is 8.31. The molecule has 1 amide bonds. The fraction of sp³-hybridized carbons (Fsp3) is 0.143. The highest BCUT2D eigenvalue weighted by Crippen LogP contribution is 2.36. The van der Waals surface area contributed by atoms with E-state index < -0.39 is 0 Å². The van der Waals surface area contributed by atoms with Gasteiger partial charge in [-0.3, -0.25) is 9.69 Å². The Labute approximate surface area is 176 Å². The van der Waals surface area contributed by atoms with E-state index in [0.717, 1.165) is 21.5 Å². The average Bonchev–Trinajstić information content (AvgIpc) is 3.33. The summed E-state index contributed by atoms with van der Waals surface area (Å²) in [4.78, 5) is 20.3. The Balaban J connectivity index is 1.77. The van der Waals surface area contributed by atoms with Crippen LogP contribution in [0.15, 0.2) is 60.7 Å². The van der Waals surface area contributed by atoms with Crippen LogP contribution in [0.25, 0.3) is 10.2 Å². The van der Waals surface area contributed by atoms with Gasteiger partial charge in [-0.25, -0.2) is 4.98 Å². The van der Waals surface area contributed by atoms with E-state index in [1.165, 1.54) is 22.7 Å². The van der Waals surface area contributed by atoms with Gasteiger partial charge in [0.15, 0.2) is 5.13 Å². The summed E-state index contributed by atoms with van der Waals surface area (Å²) in [5.74, 6) is 0.617. The van der Waals surface area contributed by atoms with Crippen LogP contribution in [0, 0.1) is 0 Å². The lowest BCUT2D eigenvalue weighted by Gasteiger charge is -2.19. The van der Waals surface area contributed by atoms with Crippen molar-refractivity contribution in [3.63, 3.8) is 0 Å². The second-order valence-electron chi connectivity index (χ2n) is 6.01. The fourth-order valence-electron chi connectivity index (χ4n) is 2.85. The van der Waals surface area contributed by atoms with Gasteiger partial charge in [-0.05, 0) is 36.8 Å². The number of fused-ring (bicyclic) bond motifs is 1. The Morgan fingerprint density at radius 1 is 1.07 bits per heavy atom. The molecule has 0 fully saturated rings. The van der Waals surface area contributed by atoms with E-state index in [4.69, 9.17) is 21.3 Å². The molecular weight excluding hydrogens is 412 g/mol. The summed E-state index contributed by atoms with van der Waals surface area (Å²) in [6.45, 7) is 2.93. The van der Waals surface area contributed by atoms with Crippen LogP contribution < -0.4 is 9.64 Å². The zero-order chi connectivity index (χ0) is 19.5. The Morgan fingerprint density at radius 3 is 2.61 bits per heavy atom. The number of ether oxygens (including phenoxy) is 1. The summed E-state index contributed by atoms with van der Waals surface area (Å²) in [5, 5.41) is 0.639. The van der Waals surface area contributed by atoms with Crippen LogP contribution >= 0.6 is 34.3 Å². The second-order valence-corrected chi connectivity index (χ2v) is 8.74. The van der Waals surface area contributed by atoms with Gasteiger partial charge in [-0.2, -0.15) is 0 Å². The number of thiazole rings is 1. The number of hydrogen-bond acceptors (Lipinski definition) is 5. The standard InChI is InChI=1S/C21H17ClN2O2S2/c1-2-26-15-9-6-10-16-19(15)23-21(28-16)24(13-14-7-4-3-5-8-14)20(25)17-11-12-18(22)27-17/h3-12H,2,13H2,1H3. The molecule has 0 aliphatic rings. The van der Waals surface area contributed by atoms with Gasteiger partial charge in [0.25, 0.3) is 5.91 Å². The van der Waals surface area contributed by atoms with E-state index >= 15 is 0 Å². The van der Waals surface area contributed by atoms with E-state index in [1.54, 1.807) is 17.0 Å². The lowest BCUT2D eigenvalue weighted by molar-refractivity contribution is 0.0989. The number of anilines is 1. The highest BCUT2D eigenvalue weighted by molar-refractivity contribution is 7.22. The Morgan fingerprint density at radius 2 is 1.89 bits per heavy atom. The minimum atomic E-state index is -0.113. The molecule has 0 atom stereocenters. The van der Waals surface area contributed by atoms with Gasteiger partial charge >= 0.3 is 0 Å². The summed E-state index contributed by atoms with van der Waals surface area (Å²) in [5.41, 5.74) is 1.81. The highest BCUT2D eigenvalue weighted by Gasteiger charge is 2.24. The molecular formula is C21H17ClN2O2S2. The Kier molecular flexibility index (Phi) is 5.62. The summed E-state index contributed by atoms with van der Waals surface area (Å²) in [7, 11) is 0. The number of carbonyl (C=O) groups excluding carboxylic acids is 1. The van der Waals surface area contributed by atoms with Crippen molar-refractivity contribution in [2.24, 2.45) is 0 Å². The molecule has 0 unspecified atom stereocenters. The van der Waals surface area contributed by atoms with Crippen molar-refractivity contribution in [3.8, 4) is 5.75 Å². The lowest BCUT2D eigenvalue weighted by Crippen LogP contribution is -2.29. The number of thiophene rings is 1. The maximum atomic E-state index is 13.3. The third-order valence-corrected chi connectivity index (χ3v) is 6.38. The van der Waals surface area contributed by atoms with Gasteiger partial charge in [0, 0.05) is 0 Å². The molecule has 0 saturated heterocycles. The summed E-state index contributed by atoms with van der Waals surface area (Å²) < 4.78 is 7.28. The van der Waals surface area contributed by atoms with Crippen molar-refractivity contribution < 1.29 is 9.53 Å². The number of hydrogen-bond donors (Lipinski definition) is 0. The maximum Gasteiger partial charge on any atom is 0.270 e. The van der Waals surface area contributed by atoms with Crippen molar-refractivity contribution in [3.05, 3.63) is 75.4 Å².